The lowest BCUT2D eigenvalue weighted by molar-refractivity contribution is 0.0913. The third kappa shape index (κ3) is 3.68. The molecule has 1 aromatic rings. The molecule has 1 spiro atoms. The molecule has 3 rings (SSSR count). The van der Waals surface area contributed by atoms with E-state index in [0.717, 1.165) is 26.1 Å². The summed E-state index contributed by atoms with van der Waals surface area (Å²) in [6, 6.07) is 11.4. The van der Waals surface area contributed by atoms with Gasteiger partial charge in [0.1, 0.15) is 0 Å². The largest absolute Gasteiger partial charge is 0.308 e. The van der Waals surface area contributed by atoms with Crippen molar-refractivity contribution >= 4 is 11.6 Å². The molecular weight excluding hydrogens is 280 g/mol. The molecule has 1 heterocycles. The van der Waals surface area contributed by atoms with E-state index in [-0.39, 0.29) is 0 Å². The molecule has 2 aliphatic rings. The fourth-order valence-electron chi connectivity index (χ4n) is 3.90. The van der Waals surface area contributed by atoms with Crippen LogP contribution in [0.5, 0.6) is 0 Å². The van der Waals surface area contributed by atoms with Crippen LogP contribution in [0.2, 0.25) is 0 Å². The van der Waals surface area contributed by atoms with Gasteiger partial charge < -0.3 is 5.32 Å². The van der Waals surface area contributed by atoms with Gasteiger partial charge in [-0.2, -0.15) is 0 Å². The number of benzene rings is 1. The topological polar surface area (TPSA) is 15.3 Å². The normalized spacial score (nSPS) is 25.9. The number of nitrogens with one attached hydrogen (secondary N) is 1. The Morgan fingerprint density at radius 3 is 2.71 bits per heavy atom. The lowest BCUT2D eigenvalue weighted by Crippen LogP contribution is -2.63. The van der Waals surface area contributed by atoms with Crippen LogP contribution in [0.15, 0.2) is 41.9 Å². The van der Waals surface area contributed by atoms with Gasteiger partial charge in [-0.1, -0.05) is 60.9 Å². The van der Waals surface area contributed by atoms with Crippen molar-refractivity contribution in [1.29, 1.82) is 0 Å². The van der Waals surface area contributed by atoms with Gasteiger partial charge in [0.25, 0.3) is 0 Å². The number of nitrogens with zero attached hydrogens (tertiary/aromatic N) is 1. The highest BCUT2D eigenvalue weighted by Gasteiger charge is 2.40. The summed E-state index contributed by atoms with van der Waals surface area (Å²) < 4.78 is 0. The minimum absolute atomic E-state index is 0.368. The second-order valence-corrected chi connectivity index (χ2v) is 6.75. The van der Waals surface area contributed by atoms with Gasteiger partial charge in [-0.3, -0.25) is 4.90 Å². The first kappa shape index (κ1) is 15.1. The van der Waals surface area contributed by atoms with Gasteiger partial charge in [0, 0.05) is 36.8 Å². The average Bonchev–Trinajstić information content (AvgIpc) is 2.97. The molecule has 3 heteroatoms. The van der Waals surface area contributed by atoms with Crippen LogP contribution in [0, 0.1) is 0 Å². The van der Waals surface area contributed by atoms with Crippen LogP contribution in [-0.4, -0.2) is 36.1 Å². The van der Waals surface area contributed by atoms with E-state index in [4.69, 9.17) is 11.6 Å². The summed E-state index contributed by atoms with van der Waals surface area (Å²) in [5.41, 5.74) is 3.45. The third-order valence-electron chi connectivity index (χ3n) is 5.04. The maximum absolute atomic E-state index is 5.76. The van der Waals surface area contributed by atoms with Crippen LogP contribution in [0.3, 0.4) is 0 Å². The van der Waals surface area contributed by atoms with Gasteiger partial charge in [0.05, 0.1) is 0 Å². The Morgan fingerprint density at radius 2 is 2.00 bits per heavy atom. The Balaban J connectivity index is 1.69. The van der Waals surface area contributed by atoms with Crippen LogP contribution < -0.4 is 5.32 Å². The van der Waals surface area contributed by atoms with Gasteiger partial charge in [0.15, 0.2) is 0 Å². The summed E-state index contributed by atoms with van der Waals surface area (Å²) in [6.45, 7) is 3.21. The van der Waals surface area contributed by atoms with Gasteiger partial charge >= 0.3 is 0 Å². The summed E-state index contributed by atoms with van der Waals surface area (Å²) in [6.07, 6.45) is 8.58. The average molecular weight is 305 g/mol. The monoisotopic (exact) mass is 304 g/mol. The summed E-state index contributed by atoms with van der Waals surface area (Å²) >= 11 is 5.76. The highest BCUT2D eigenvalue weighted by atomic mass is 35.5. The van der Waals surface area contributed by atoms with Crippen molar-refractivity contribution in [3.63, 3.8) is 0 Å². The zero-order valence-corrected chi connectivity index (χ0v) is 13.4. The fourth-order valence-corrected chi connectivity index (χ4v) is 3.98. The predicted molar refractivity (Wildman–Crippen MR) is 89.7 cm³/mol. The summed E-state index contributed by atoms with van der Waals surface area (Å²) in [7, 11) is 0. The molecule has 0 radical (unpaired) electrons. The van der Waals surface area contributed by atoms with E-state index in [2.05, 4.69) is 46.6 Å². The number of halogens is 1. The zero-order chi connectivity index (χ0) is 14.5. The lowest BCUT2D eigenvalue weighted by Gasteiger charge is -2.46. The van der Waals surface area contributed by atoms with Crippen molar-refractivity contribution in [2.75, 3.05) is 19.6 Å². The molecule has 2 fully saturated rings. The van der Waals surface area contributed by atoms with E-state index in [1.54, 1.807) is 5.54 Å². The van der Waals surface area contributed by atoms with E-state index < -0.39 is 0 Å². The van der Waals surface area contributed by atoms with E-state index in [1.807, 2.05) is 0 Å². The maximum atomic E-state index is 5.76. The van der Waals surface area contributed by atoms with Crippen LogP contribution in [-0.2, 0) is 6.42 Å². The molecule has 1 N–H and O–H groups in total. The Hall–Kier alpha value is -0.830. The standard InChI is InChI=1S/C18H25ClN2/c19-11-6-12-21-15-18(9-4-5-10-18)20-14-17(21)13-16-7-2-1-3-8-16/h1-3,6-8,11,17,20H,4-5,9-10,12-15H2/b11-6+. The zero-order valence-electron chi connectivity index (χ0n) is 12.6. The summed E-state index contributed by atoms with van der Waals surface area (Å²) in [5, 5.41) is 3.87. The van der Waals surface area contributed by atoms with Gasteiger partial charge in [0.2, 0.25) is 0 Å². The van der Waals surface area contributed by atoms with Crippen molar-refractivity contribution in [2.24, 2.45) is 0 Å². The first-order valence-electron chi connectivity index (χ1n) is 8.10. The molecule has 114 valence electrons. The molecule has 21 heavy (non-hydrogen) atoms. The minimum atomic E-state index is 0.368. The van der Waals surface area contributed by atoms with E-state index in [1.165, 1.54) is 31.2 Å². The molecule has 1 saturated carbocycles. The van der Waals surface area contributed by atoms with Gasteiger partial charge in [-0.25, -0.2) is 0 Å². The first-order chi connectivity index (χ1) is 10.3. The van der Waals surface area contributed by atoms with Crippen LogP contribution in [0.1, 0.15) is 31.2 Å². The van der Waals surface area contributed by atoms with Gasteiger partial charge in [-0.05, 0) is 24.8 Å². The number of piperazine rings is 1. The van der Waals surface area contributed by atoms with Gasteiger partial charge in [-0.15, -0.1) is 0 Å². The Labute approximate surface area is 133 Å². The minimum Gasteiger partial charge on any atom is -0.308 e. The molecule has 1 atom stereocenters. The second kappa shape index (κ2) is 6.95. The smallest absolute Gasteiger partial charge is 0.0309 e. The van der Waals surface area contributed by atoms with Crippen molar-refractivity contribution in [1.82, 2.24) is 10.2 Å². The molecule has 2 nitrogen and oxygen atoms in total. The highest BCUT2D eigenvalue weighted by Crippen LogP contribution is 2.33. The second-order valence-electron chi connectivity index (χ2n) is 6.50. The fraction of sp³-hybridized carbons (Fsp3) is 0.556. The Bertz CT molecular complexity index is 465. The predicted octanol–water partition coefficient (Wildman–Crippen LogP) is 3.57. The molecule has 1 aliphatic carbocycles. The molecule has 1 saturated heterocycles. The van der Waals surface area contributed by atoms with E-state index >= 15 is 0 Å². The highest BCUT2D eigenvalue weighted by molar-refractivity contribution is 6.25. The number of rotatable bonds is 4. The summed E-state index contributed by atoms with van der Waals surface area (Å²) in [4.78, 5) is 2.62. The quantitative estimate of drug-likeness (QED) is 0.915. The van der Waals surface area contributed by atoms with Crippen LogP contribution in [0.25, 0.3) is 0 Å². The molecule has 0 bridgehead atoms. The Morgan fingerprint density at radius 1 is 1.24 bits per heavy atom. The molecular formula is C18H25ClN2. The third-order valence-corrected chi connectivity index (χ3v) is 5.22. The first-order valence-corrected chi connectivity index (χ1v) is 8.53. The van der Waals surface area contributed by atoms with E-state index in [0.29, 0.717) is 11.6 Å². The van der Waals surface area contributed by atoms with Crippen LogP contribution in [0.4, 0.5) is 0 Å². The SMILES string of the molecule is Cl/C=C/CN1CC2(CCCC2)NCC1Cc1ccccc1. The maximum Gasteiger partial charge on any atom is 0.0309 e. The molecule has 1 unspecified atom stereocenters. The summed E-state index contributed by atoms with van der Waals surface area (Å²) in [5.74, 6) is 0. The van der Waals surface area contributed by atoms with Crippen LogP contribution >= 0.6 is 11.6 Å². The van der Waals surface area contributed by atoms with Crippen molar-refractivity contribution < 1.29 is 0 Å². The molecule has 1 aromatic carbocycles. The number of hydrogen-bond donors (Lipinski definition) is 1. The molecule has 1 aliphatic heterocycles. The molecule has 0 aromatic heterocycles. The van der Waals surface area contributed by atoms with Crippen molar-refractivity contribution in [2.45, 2.75) is 43.7 Å². The number of hydrogen-bond acceptors (Lipinski definition) is 2. The van der Waals surface area contributed by atoms with Crippen molar-refractivity contribution in [3.8, 4) is 0 Å². The van der Waals surface area contributed by atoms with E-state index in [9.17, 15) is 0 Å². The molecule has 0 amide bonds. The lowest BCUT2D eigenvalue weighted by atomic mass is 9.90. The Kier molecular flexibility index (Phi) is 4.99. The van der Waals surface area contributed by atoms with Crippen molar-refractivity contribution in [3.05, 3.63) is 47.5 Å².